The van der Waals surface area contributed by atoms with E-state index in [4.69, 9.17) is 32.7 Å². The summed E-state index contributed by atoms with van der Waals surface area (Å²) in [5, 5.41) is -0.00459. The van der Waals surface area contributed by atoms with Crippen LogP contribution in [-0.2, 0) is 14.9 Å². The normalized spacial score (nSPS) is 15.9. The number of hydrogen-bond acceptors (Lipinski definition) is 7. The summed E-state index contributed by atoms with van der Waals surface area (Å²) >= 11 is 12.5. The summed E-state index contributed by atoms with van der Waals surface area (Å²) in [7, 11) is -2.48. The van der Waals surface area contributed by atoms with E-state index < -0.39 is 15.9 Å². The first-order valence-corrected chi connectivity index (χ1v) is 11.3. The average Bonchev–Trinajstić information content (AvgIpc) is 2.90. The van der Waals surface area contributed by atoms with Crippen molar-refractivity contribution in [2.24, 2.45) is 0 Å². The molecule has 0 spiro atoms. The average molecular weight is 474 g/mol. The third kappa shape index (κ3) is 4.89. The number of halogens is 2. The summed E-state index contributed by atoms with van der Waals surface area (Å²) in [4.78, 5) is 14.4. The Kier molecular flexibility index (Phi) is 6.18. The predicted molar refractivity (Wildman–Crippen MR) is 116 cm³/mol. The van der Waals surface area contributed by atoms with E-state index in [1.807, 2.05) is 0 Å². The van der Waals surface area contributed by atoms with Crippen LogP contribution in [0.25, 0.3) is 6.08 Å². The fourth-order valence-corrected chi connectivity index (χ4v) is 4.56. The molecule has 0 aliphatic carbocycles. The topological polar surface area (TPSA) is 72.9 Å². The smallest absolute Gasteiger partial charge is 0.306 e. The van der Waals surface area contributed by atoms with Crippen molar-refractivity contribution in [3.63, 3.8) is 0 Å². The molecule has 1 amide bonds. The largest absolute Gasteiger partial charge is 0.493 e. The van der Waals surface area contributed by atoms with Gasteiger partial charge in [0.05, 0.1) is 29.0 Å². The quantitative estimate of drug-likeness (QED) is 0.365. The van der Waals surface area contributed by atoms with E-state index >= 15 is 0 Å². The summed E-state index contributed by atoms with van der Waals surface area (Å²) in [6.45, 7) is 0. The molecule has 0 bridgehead atoms. The molecule has 0 aromatic heterocycles. The van der Waals surface area contributed by atoms with Gasteiger partial charge in [-0.05, 0) is 48.0 Å². The lowest BCUT2D eigenvalue weighted by Gasteiger charge is -2.14. The molecular formula is C18H13ClFNO5S3. The number of thiocarbonyl (C=S) groups is 1. The number of carbonyl (C=O) groups is 1. The van der Waals surface area contributed by atoms with Gasteiger partial charge in [0.15, 0.2) is 10.1 Å². The van der Waals surface area contributed by atoms with E-state index in [9.17, 15) is 17.6 Å². The molecule has 0 N–H and O–H groups in total. The first-order chi connectivity index (χ1) is 13.6. The Bertz CT molecular complexity index is 1130. The Morgan fingerprint density at radius 2 is 1.90 bits per heavy atom. The molecule has 0 saturated carbocycles. The van der Waals surface area contributed by atoms with Gasteiger partial charge in [-0.15, -0.1) is 0 Å². The van der Waals surface area contributed by atoms with Crippen LogP contribution in [0.1, 0.15) is 5.56 Å². The van der Waals surface area contributed by atoms with Gasteiger partial charge in [-0.3, -0.25) is 9.69 Å². The molecule has 0 radical (unpaired) electrons. The standard InChI is InChI=1S/C18H13ClFNO5S3/c1-25-14-8-10(7-13(19)16(14)26-29(2,23)24)9-15-17(22)21(18(27)28-15)12-5-3-11(20)4-6-12/h3-9H,1-2H3/b15-9-. The maximum Gasteiger partial charge on any atom is 0.306 e. The van der Waals surface area contributed by atoms with Crippen molar-refractivity contribution < 1.29 is 26.5 Å². The number of rotatable bonds is 5. The Hall–Kier alpha value is -2.14. The van der Waals surface area contributed by atoms with Crippen molar-refractivity contribution in [2.75, 3.05) is 18.3 Å². The van der Waals surface area contributed by atoms with Crippen molar-refractivity contribution in [1.82, 2.24) is 0 Å². The van der Waals surface area contributed by atoms with Gasteiger partial charge in [-0.25, -0.2) is 4.39 Å². The molecule has 1 saturated heterocycles. The molecule has 1 heterocycles. The number of methoxy groups -OCH3 is 1. The summed E-state index contributed by atoms with van der Waals surface area (Å²) in [6, 6.07) is 8.32. The van der Waals surface area contributed by atoms with Gasteiger partial charge in [0.2, 0.25) is 5.75 Å². The number of thioether (sulfide) groups is 1. The molecule has 11 heteroatoms. The Morgan fingerprint density at radius 3 is 2.48 bits per heavy atom. The van der Waals surface area contributed by atoms with Crippen LogP contribution >= 0.6 is 35.6 Å². The van der Waals surface area contributed by atoms with E-state index in [0.29, 0.717) is 20.5 Å². The zero-order valence-corrected chi connectivity index (χ0v) is 18.2. The van der Waals surface area contributed by atoms with Crippen molar-refractivity contribution in [3.8, 4) is 11.5 Å². The molecule has 6 nitrogen and oxygen atoms in total. The van der Waals surface area contributed by atoms with Crippen LogP contribution in [0.15, 0.2) is 41.3 Å². The molecule has 152 valence electrons. The second kappa shape index (κ2) is 8.31. The highest BCUT2D eigenvalue weighted by molar-refractivity contribution is 8.27. The Balaban J connectivity index is 1.96. The van der Waals surface area contributed by atoms with Crippen LogP contribution < -0.4 is 13.8 Å². The van der Waals surface area contributed by atoms with Gasteiger partial charge < -0.3 is 8.92 Å². The van der Waals surface area contributed by atoms with E-state index in [2.05, 4.69) is 0 Å². The zero-order chi connectivity index (χ0) is 21.3. The lowest BCUT2D eigenvalue weighted by Crippen LogP contribution is -2.27. The first kappa shape index (κ1) is 21.6. The van der Waals surface area contributed by atoms with Crippen molar-refractivity contribution in [2.45, 2.75) is 0 Å². The number of benzene rings is 2. The van der Waals surface area contributed by atoms with Gasteiger partial charge in [0.25, 0.3) is 5.91 Å². The lowest BCUT2D eigenvalue weighted by atomic mass is 10.1. The second-order valence-electron chi connectivity index (χ2n) is 5.82. The van der Waals surface area contributed by atoms with Gasteiger partial charge in [-0.2, -0.15) is 8.42 Å². The molecular weight excluding hydrogens is 461 g/mol. The fourth-order valence-electron chi connectivity index (χ4n) is 2.49. The van der Waals surface area contributed by atoms with E-state index in [-0.39, 0.29) is 22.4 Å². The van der Waals surface area contributed by atoms with Crippen molar-refractivity contribution in [1.29, 1.82) is 0 Å². The molecule has 2 aromatic carbocycles. The molecule has 3 rings (SSSR count). The number of hydrogen-bond donors (Lipinski definition) is 0. The predicted octanol–water partition coefficient (Wildman–Crippen LogP) is 4.23. The molecule has 0 atom stereocenters. The van der Waals surface area contributed by atoms with Gasteiger partial charge in [0.1, 0.15) is 5.82 Å². The first-order valence-electron chi connectivity index (χ1n) is 7.89. The zero-order valence-electron chi connectivity index (χ0n) is 15.0. The minimum absolute atomic E-state index is 0.00459. The maximum absolute atomic E-state index is 13.2. The fraction of sp³-hybridized carbons (Fsp3) is 0.111. The number of carbonyl (C=O) groups excluding carboxylic acids is 1. The third-order valence-corrected chi connectivity index (χ3v) is 5.72. The second-order valence-corrected chi connectivity index (χ2v) is 9.47. The molecule has 2 aromatic rings. The number of ether oxygens (including phenoxy) is 1. The third-order valence-electron chi connectivity index (χ3n) is 3.66. The van der Waals surface area contributed by atoms with Crippen LogP contribution in [0.2, 0.25) is 5.02 Å². The summed E-state index contributed by atoms with van der Waals surface area (Å²) in [5.41, 5.74) is 0.928. The van der Waals surface area contributed by atoms with Gasteiger partial charge in [0, 0.05) is 0 Å². The van der Waals surface area contributed by atoms with Crippen molar-refractivity contribution >= 4 is 67.7 Å². The number of amides is 1. The van der Waals surface area contributed by atoms with Crippen LogP contribution in [-0.4, -0.2) is 32.0 Å². The Morgan fingerprint density at radius 1 is 1.24 bits per heavy atom. The molecule has 29 heavy (non-hydrogen) atoms. The molecule has 1 fully saturated rings. The molecule has 0 unspecified atom stereocenters. The Labute approximate surface area is 181 Å². The minimum atomic E-state index is -3.81. The summed E-state index contributed by atoms with van der Waals surface area (Å²) in [6.07, 6.45) is 2.43. The van der Waals surface area contributed by atoms with Gasteiger partial charge in [-0.1, -0.05) is 35.6 Å². The van der Waals surface area contributed by atoms with E-state index in [1.165, 1.54) is 48.4 Å². The highest BCUT2D eigenvalue weighted by Gasteiger charge is 2.33. The highest BCUT2D eigenvalue weighted by Crippen LogP contribution is 2.40. The van der Waals surface area contributed by atoms with Crippen LogP contribution in [0, 0.1) is 5.82 Å². The minimum Gasteiger partial charge on any atom is -0.493 e. The lowest BCUT2D eigenvalue weighted by molar-refractivity contribution is -0.113. The summed E-state index contributed by atoms with van der Waals surface area (Å²) in [5.74, 6) is -0.859. The van der Waals surface area contributed by atoms with Crippen molar-refractivity contribution in [3.05, 3.63) is 57.7 Å². The van der Waals surface area contributed by atoms with Crippen LogP contribution in [0.3, 0.4) is 0 Å². The van der Waals surface area contributed by atoms with E-state index in [0.717, 1.165) is 18.0 Å². The SMILES string of the molecule is COc1cc(/C=C2\SC(=S)N(c3ccc(F)cc3)C2=O)cc(Cl)c1OS(C)(=O)=O. The summed E-state index contributed by atoms with van der Waals surface area (Å²) < 4.78 is 46.3. The maximum atomic E-state index is 13.2. The molecule has 1 aliphatic rings. The number of nitrogens with zero attached hydrogens (tertiary/aromatic N) is 1. The monoisotopic (exact) mass is 473 g/mol. The van der Waals surface area contributed by atoms with Gasteiger partial charge >= 0.3 is 10.1 Å². The highest BCUT2D eigenvalue weighted by atomic mass is 35.5. The molecule has 1 aliphatic heterocycles. The van der Waals surface area contributed by atoms with Crippen LogP contribution in [0.5, 0.6) is 11.5 Å². The number of anilines is 1. The van der Waals surface area contributed by atoms with Crippen LogP contribution in [0.4, 0.5) is 10.1 Å². The van der Waals surface area contributed by atoms with E-state index in [1.54, 1.807) is 6.08 Å².